The van der Waals surface area contributed by atoms with Crippen molar-refractivity contribution in [3.63, 3.8) is 0 Å². The maximum Gasteiger partial charge on any atom is 0.337 e. The van der Waals surface area contributed by atoms with Crippen molar-refractivity contribution in [3.8, 4) is 0 Å². The van der Waals surface area contributed by atoms with Crippen LogP contribution in [0.3, 0.4) is 0 Å². The molecule has 1 heterocycles. The Balaban J connectivity index is 2.32. The molecule has 5 heteroatoms. The summed E-state index contributed by atoms with van der Waals surface area (Å²) < 4.78 is 10.2. The van der Waals surface area contributed by atoms with E-state index in [0.717, 1.165) is 0 Å². The highest BCUT2D eigenvalue weighted by Crippen LogP contribution is 2.26. The molecule has 0 aromatic heterocycles. The molecule has 0 amide bonds. The number of ether oxygens (including phenoxy) is 2. The molecule has 0 aromatic carbocycles. The molecule has 0 saturated carbocycles. The SMILES string of the molecule is CC1(C)OC(=O)[C@@H](CCCC(=O)O)O1. The topological polar surface area (TPSA) is 72.8 Å². The van der Waals surface area contributed by atoms with Crippen LogP contribution in [0.2, 0.25) is 0 Å². The first-order chi connectivity index (χ1) is 6.41. The zero-order chi connectivity index (χ0) is 10.8. The summed E-state index contributed by atoms with van der Waals surface area (Å²) in [4.78, 5) is 21.4. The Hall–Kier alpha value is -1.10. The van der Waals surface area contributed by atoms with Gasteiger partial charge in [-0.1, -0.05) is 0 Å². The Morgan fingerprint density at radius 3 is 2.64 bits per heavy atom. The summed E-state index contributed by atoms with van der Waals surface area (Å²) in [6.45, 7) is 3.31. The largest absolute Gasteiger partial charge is 0.481 e. The van der Waals surface area contributed by atoms with E-state index in [2.05, 4.69) is 0 Å². The lowest BCUT2D eigenvalue weighted by molar-refractivity contribution is -0.160. The van der Waals surface area contributed by atoms with Crippen LogP contribution in [0.15, 0.2) is 0 Å². The molecule has 1 N–H and O–H groups in total. The molecule has 0 aromatic rings. The third-order valence-corrected chi connectivity index (χ3v) is 1.89. The van der Waals surface area contributed by atoms with Crippen LogP contribution in [0.5, 0.6) is 0 Å². The number of rotatable bonds is 4. The van der Waals surface area contributed by atoms with E-state index in [1.807, 2.05) is 0 Å². The van der Waals surface area contributed by atoms with Gasteiger partial charge in [-0.3, -0.25) is 4.79 Å². The molecule has 0 bridgehead atoms. The lowest BCUT2D eigenvalue weighted by atomic mass is 10.1. The molecule has 1 rings (SSSR count). The van der Waals surface area contributed by atoms with Crippen molar-refractivity contribution in [2.45, 2.75) is 45.0 Å². The summed E-state index contributed by atoms with van der Waals surface area (Å²) in [6.07, 6.45) is 0.261. The van der Waals surface area contributed by atoms with Gasteiger partial charge in [0.15, 0.2) is 6.10 Å². The lowest BCUT2D eigenvalue weighted by Gasteiger charge is -2.14. The number of carboxylic acids is 1. The number of hydrogen-bond acceptors (Lipinski definition) is 4. The van der Waals surface area contributed by atoms with Crippen molar-refractivity contribution < 1.29 is 24.2 Å². The molecule has 1 atom stereocenters. The second-order valence-corrected chi connectivity index (χ2v) is 3.71. The molecule has 1 fully saturated rings. The zero-order valence-electron chi connectivity index (χ0n) is 8.28. The number of esters is 1. The normalized spacial score (nSPS) is 24.7. The fourth-order valence-corrected chi connectivity index (χ4v) is 1.34. The van der Waals surface area contributed by atoms with E-state index >= 15 is 0 Å². The van der Waals surface area contributed by atoms with E-state index in [9.17, 15) is 9.59 Å². The van der Waals surface area contributed by atoms with Crippen molar-refractivity contribution in [2.24, 2.45) is 0 Å². The first kappa shape index (κ1) is 11.0. The van der Waals surface area contributed by atoms with Crippen LogP contribution >= 0.6 is 0 Å². The molecular weight excluding hydrogens is 188 g/mol. The Morgan fingerprint density at radius 2 is 2.21 bits per heavy atom. The van der Waals surface area contributed by atoms with Gasteiger partial charge in [0.2, 0.25) is 5.79 Å². The van der Waals surface area contributed by atoms with Crippen LogP contribution in [-0.2, 0) is 19.1 Å². The van der Waals surface area contributed by atoms with Gasteiger partial charge in [0, 0.05) is 20.3 Å². The zero-order valence-corrected chi connectivity index (χ0v) is 8.28. The summed E-state index contributed by atoms with van der Waals surface area (Å²) in [5, 5.41) is 8.40. The number of cyclic esters (lactones) is 1. The molecule has 0 radical (unpaired) electrons. The van der Waals surface area contributed by atoms with E-state index in [4.69, 9.17) is 14.6 Å². The van der Waals surface area contributed by atoms with Gasteiger partial charge < -0.3 is 14.6 Å². The summed E-state index contributed by atoms with van der Waals surface area (Å²) in [5.41, 5.74) is 0. The third-order valence-electron chi connectivity index (χ3n) is 1.89. The minimum absolute atomic E-state index is 0.0492. The monoisotopic (exact) mass is 202 g/mol. The van der Waals surface area contributed by atoms with Gasteiger partial charge >= 0.3 is 11.9 Å². The number of carboxylic acid groups (broad SMARTS) is 1. The number of carbonyl (C=O) groups excluding carboxylic acids is 1. The standard InChI is InChI=1S/C9H14O5/c1-9(2)13-6(8(12)14-9)4-3-5-7(10)11/h6H,3-5H2,1-2H3,(H,10,11)/t6-/m1/s1. The second kappa shape index (κ2) is 3.96. The maximum absolute atomic E-state index is 11.2. The van der Waals surface area contributed by atoms with Crippen LogP contribution in [0, 0.1) is 0 Å². The molecule has 1 saturated heterocycles. The summed E-state index contributed by atoms with van der Waals surface area (Å²) in [6, 6.07) is 0. The highest BCUT2D eigenvalue weighted by Gasteiger charge is 2.40. The van der Waals surface area contributed by atoms with Crippen molar-refractivity contribution in [2.75, 3.05) is 0 Å². The first-order valence-electron chi connectivity index (χ1n) is 4.53. The quantitative estimate of drug-likeness (QED) is 0.686. The van der Waals surface area contributed by atoms with Crippen LogP contribution in [-0.4, -0.2) is 28.9 Å². The molecule has 5 nitrogen and oxygen atoms in total. The highest BCUT2D eigenvalue weighted by molar-refractivity contribution is 5.76. The van der Waals surface area contributed by atoms with Gasteiger partial charge in [-0.25, -0.2) is 4.79 Å². The van der Waals surface area contributed by atoms with Crippen LogP contribution in [0.25, 0.3) is 0 Å². The predicted molar refractivity (Wildman–Crippen MR) is 46.5 cm³/mol. The molecule has 0 aliphatic carbocycles. The molecular formula is C9H14O5. The summed E-state index contributed by atoms with van der Waals surface area (Å²) >= 11 is 0. The molecule has 1 aliphatic rings. The van der Waals surface area contributed by atoms with E-state index in [0.29, 0.717) is 12.8 Å². The maximum atomic E-state index is 11.2. The van der Waals surface area contributed by atoms with E-state index in [1.165, 1.54) is 0 Å². The van der Waals surface area contributed by atoms with Gasteiger partial charge in [0.1, 0.15) is 0 Å². The lowest BCUT2D eigenvalue weighted by Crippen LogP contribution is -2.21. The fourth-order valence-electron chi connectivity index (χ4n) is 1.34. The van der Waals surface area contributed by atoms with Gasteiger partial charge in [-0.15, -0.1) is 0 Å². The molecule has 0 spiro atoms. The highest BCUT2D eigenvalue weighted by atomic mass is 16.8. The first-order valence-corrected chi connectivity index (χ1v) is 4.53. The number of aliphatic carboxylic acids is 1. The average molecular weight is 202 g/mol. The van der Waals surface area contributed by atoms with E-state index < -0.39 is 23.8 Å². The van der Waals surface area contributed by atoms with Gasteiger partial charge in [0.25, 0.3) is 0 Å². The predicted octanol–water partition coefficient (Wildman–Crippen LogP) is 0.919. The van der Waals surface area contributed by atoms with Crippen LogP contribution in [0.1, 0.15) is 33.1 Å². The van der Waals surface area contributed by atoms with E-state index in [-0.39, 0.29) is 6.42 Å². The Labute approximate surface area is 82.0 Å². The van der Waals surface area contributed by atoms with Crippen LogP contribution < -0.4 is 0 Å². The van der Waals surface area contributed by atoms with E-state index in [1.54, 1.807) is 13.8 Å². The Kier molecular flexibility index (Phi) is 3.10. The molecule has 14 heavy (non-hydrogen) atoms. The molecule has 80 valence electrons. The Bertz CT molecular complexity index is 246. The molecule has 1 aliphatic heterocycles. The third kappa shape index (κ3) is 2.99. The van der Waals surface area contributed by atoms with Crippen molar-refractivity contribution in [3.05, 3.63) is 0 Å². The van der Waals surface area contributed by atoms with Crippen molar-refractivity contribution in [1.29, 1.82) is 0 Å². The van der Waals surface area contributed by atoms with Gasteiger partial charge in [-0.2, -0.15) is 0 Å². The Morgan fingerprint density at radius 1 is 1.57 bits per heavy atom. The number of carbonyl (C=O) groups is 2. The summed E-state index contributed by atoms with van der Waals surface area (Å²) in [5.74, 6) is -2.14. The fraction of sp³-hybridized carbons (Fsp3) is 0.778. The smallest absolute Gasteiger partial charge is 0.337 e. The number of hydrogen-bond donors (Lipinski definition) is 1. The second-order valence-electron chi connectivity index (χ2n) is 3.71. The van der Waals surface area contributed by atoms with Crippen molar-refractivity contribution in [1.82, 2.24) is 0 Å². The minimum atomic E-state index is -0.870. The van der Waals surface area contributed by atoms with Gasteiger partial charge in [0.05, 0.1) is 0 Å². The van der Waals surface area contributed by atoms with Crippen LogP contribution in [0.4, 0.5) is 0 Å². The van der Waals surface area contributed by atoms with Gasteiger partial charge in [-0.05, 0) is 12.8 Å². The minimum Gasteiger partial charge on any atom is -0.481 e. The average Bonchev–Trinajstić information content (AvgIpc) is 2.24. The molecule has 0 unspecified atom stereocenters. The summed E-state index contributed by atoms with van der Waals surface area (Å²) in [7, 11) is 0. The van der Waals surface area contributed by atoms with Crippen molar-refractivity contribution >= 4 is 11.9 Å².